The second-order valence-corrected chi connectivity index (χ2v) is 8.44. The van der Waals surface area contributed by atoms with Crippen LogP contribution in [0.3, 0.4) is 0 Å². The second kappa shape index (κ2) is 7.22. The predicted molar refractivity (Wildman–Crippen MR) is 100 cm³/mol. The zero-order valence-corrected chi connectivity index (χ0v) is 15.7. The van der Waals surface area contributed by atoms with Crippen LogP contribution in [0.4, 0.5) is 11.4 Å². The molecule has 0 aliphatic carbocycles. The highest BCUT2D eigenvalue weighted by Gasteiger charge is 2.29. The van der Waals surface area contributed by atoms with E-state index >= 15 is 0 Å². The molecule has 2 aromatic rings. The Kier molecular flexibility index (Phi) is 5.17. The van der Waals surface area contributed by atoms with Crippen molar-refractivity contribution in [3.05, 3.63) is 63.2 Å². The number of hydrogen-bond donors (Lipinski definition) is 0. The van der Waals surface area contributed by atoms with Gasteiger partial charge in [-0.25, -0.2) is 8.42 Å². The van der Waals surface area contributed by atoms with Gasteiger partial charge in [0.2, 0.25) is 10.0 Å². The predicted octanol–water partition coefficient (Wildman–Crippen LogP) is 3.07. The van der Waals surface area contributed by atoms with Crippen molar-refractivity contribution in [2.45, 2.75) is 11.8 Å². The van der Waals surface area contributed by atoms with Crippen LogP contribution in [0.2, 0.25) is 5.02 Å². The molecule has 0 bridgehead atoms. The van der Waals surface area contributed by atoms with Gasteiger partial charge in [-0.15, -0.1) is 0 Å². The maximum Gasteiger partial charge on any atom is 0.271 e. The van der Waals surface area contributed by atoms with E-state index in [2.05, 4.69) is 0 Å². The van der Waals surface area contributed by atoms with Gasteiger partial charge in [0.1, 0.15) is 0 Å². The minimum absolute atomic E-state index is 0.0701. The molecule has 1 aliphatic heterocycles. The summed E-state index contributed by atoms with van der Waals surface area (Å²) in [5.41, 5.74) is 1.60. The number of nitro benzene ring substituents is 1. The lowest BCUT2D eigenvalue weighted by Crippen LogP contribution is -2.48. The van der Waals surface area contributed by atoms with Crippen molar-refractivity contribution in [1.82, 2.24) is 4.31 Å². The van der Waals surface area contributed by atoms with Crippen molar-refractivity contribution in [1.29, 1.82) is 0 Å². The molecule has 1 heterocycles. The van der Waals surface area contributed by atoms with E-state index in [1.807, 2.05) is 11.8 Å². The van der Waals surface area contributed by atoms with Crippen LogP contribution in [-0.4, -0.2) is 43.8 Å². The molecular formula is C17H18ClN3O4S. The third-order valence-corrected chi connectivity index (χ3v) is 6.60. The molecule has 0 N–H and O–H groups in total. The molecule has 138 valence electrons. The molecule has 1 aliphatic rings. The van der Waals surface area contributed by atoms with Gasteiger partial charge in [0, 0.05) is 38.3 Å². The number of halogens is 1. The number of benzene rings is 2. The highest BCUT2D eigenvalue weighted by molar-refractivity contribution is 7.89. The van der Waals surface area contributed by atoms with E-state index in [-0.39, 0.29) is 15.6 Å². The highest BCUT2D eigenvalue weighted by Crippen LogP contribution is 2.31. The summed E-state index contributed by atoms with van der Waals surface area (Å²) in [6.07, 6.45) is 0. The summed E-state index contributed by atoms with van der Waals surface area (Å²) in [6, 6.07) is 11.1. The van der Waals surface area contributed by atoms with Crippen LogP contribution in [0.25, 0.3) is 0 Å². The van der Waals surface area contributed by atoms with E-state index < -0.39 is 14.9 Å². The number of sulfonamides is 1. The molecule has 0 saturated carbocycles. The molecule has 0 radical (unpaired) electrons. The van der Waals surface area contributed by atoms with Gasteiger partial charge in [0.25, 0.3) is 5.69 Å². The standard InChI is InChI=1S/C17H18ClN3O4S/c1-13-2-5-15(6-3-13)26(24,25)20-10-8-19(9-11-20)17-7-4-14(21(22)23)12-16(17)18/h2-7,12H,8-11H2,1H3. The highest BCUT2D eigenvalue weighted by atomic mass is 35.5. The van der Waals surface area contributed by atoms with Gasteiger partial charge in [-0.2, -0.15) is 4.31 Å². The Labute approximate surface area is 157 Å². The molecule has 0 amide bonds. The smallest absolute Gasteiger partial charge is 0.271 e. The van der Waals surface area contributed by atoms with Crippen LogP contribution in [0, 0.1) is 17.0 Å². The first-order valence-corrected chi connectivity index (χ1v) is 9.86. The van der Waals surface area contributed by atoms with Gasteiger partial charge in [0.05, 0.1) is 20.5 Å². The Bertz CT molecular complexity index is 924. The molecule has 3 rings (SSSR count). The van der Waals surface area contributed by atoms with Crippen molar-refractivity contribution in [3.8, 4) is 0 Å². The Morgan fingerprint density at radius 1 is 1.04 bits per heavy atom. The van der Waals surface area contributed by atoms with E-state index in [1.54, 1.807) is 30.3 Å². The number of anilines is 1. The quantitative estimate of drug-likeness (QED) is 0.586. The van der Waals surface area contributed by atoms with Crippen LogP contribution in [0.15, 0.2) is 47.4 Å². The molecule has 7 nitrogen and oxygen atoms in total. The summed E-state index contributed by atoms with van der Waals surface area (Å²) < 4.78 is 26.9. The molecule has 1 saturated heterocycles. The number of nitro groups is 1. The van der Waals surface area contributed by atoms with Crippen LogP contribution < -0.4 is 4.90 Å². The third kappa shape index (κ3) is 3.67. The van der Waals surface area contributed by atoms with Crippen molar-refractivity contribution in [2.75, 3.05) is 31.1 Å². The maximum atomic E-state index is 12.7. The number of piperazine rings is 1. The topological polar surface area (TPSA) is 83.8 Å². The van der Waals surface area contributed by atoms with Crippen molar-refractivity contribution in [3.63, 3.8) is 0 Å². The first-order valence-electron chi connectivity index (χ1n) is 8.05. The van der Waals surface area contributed by atoms with E-state index in [0.717, 1.165) is 5.56 Å². The average Bonchev–Trinajstić information content (AvgIpc) is 2.62. The average molecular weight is 396 g/mol. The number of aryl methyl sites for hydroxylation is 1. The van der Waals surface area contributed by atoms with Gasteiger partial charge in [-0.3, -0.25) is 10.1 Å². The van der Waals surface area contributed by atoms with Crippen molar-refractivity contribution < 1.29 is 13.3 Å². The van der Waals surface area contributed by atoms with Crippen LogP contribution in [0.5, 0.6) is 0 Å². The Hall–Kier alpha value is -2.16. The fourth-order valence-corrected chi connectivity index (χ4v) is 4.61. The van der Waals surface area contributed by atoms with Gasteiger partial charge in [-0.05, 0) is 25.1 Å². The zero-order valence-electron chi connectivity index (χ0n) is 14.1. The molecular weight excluding hydrogens is 378 g/mol. The third-order valence-electron chi connectivity index (χ3n) is 4.38. The summed E-state index contributed by atoms with van der Waals surface area (Å²) in [7, 11) is -3.53. The number of nitrogens with zero attached hydrogens (tertiary/aromatic N) is 3. The molecule has 0 unspecified atom stereocenters. The summed E-state index contributed by atoms with van der Waals surface area (Å²) in [5, 5.41) is 11.1. The summed E-state index contributed by atoms with van der Waals surface area (Å²) >= 11 is 6.17. The largest absolute Gasteiger partial charge is 0.368 e. The molecule has 2 aromatic carbocycles. The van der Waals surface area contributed by atoms with Crippen molar-refractivity contribution >= 4 is 33.0 Å². The molecule has 1 fully saturated rings. The number of non-ortho nitro benzene ring substituents is 1. The normalized spacial score (nSPS) is 15.8. The lowest BCUT2D eigenvalue weighted by molar-refractivity contribution is -0.384. The molecule has 0 spiro atoms. The maximum absolute atomic E-state index is 12.7. The SMILES string of the molecule is Cc1ccc(S(=O)(=O)N2CCN(c3ccc([N+](=O)[O-])cc3Cl)CC2)cc1. The van der Waals surface area contributed by atoms with Crippen LogP contribution in [-0.2, 0) is 10.0 Å². The molecule has 26 heavy (non-hydrogen) atoms. The summed E-state index contributed by atoms with van der Waals surface area (Å²) in [4.78, 5) is 12.5. The Morgan fingerprint density at radius 2 is 1.65 bits per heavy atom. The number of hydrogen-bond acceptors (Lipinski definition) is 5. The molecule has 0 atom stereocenters. The number of rotatable bonds is 4. The first kappa shape index (κ1) is 18.6. The minimum atomic E-state index is -3.53. The van der Waals surface area contributed by atoms with Gasteiger partial charge >= 0.3 is 0 Å². The molecule has 9 heteroatoms. The van der Waals surface area contributed by atoms with E-state index in [1.165, 1.54) is 16.4 Å². The van der Waals surface area contributed by atoms with Crippen LogP contribution >= 0.6 is 11.6 Å². The minimum Gasteiger partial charge on any atom is -0.368 e. The van der Waals surface area contributed by atoms with Gasteiger partial charge < -0.3 is 4.90 Å². The molecule has 0 aromatic heterocycles. The van der Waals surface area contributed by atoms with Crippen molar-refractivity contribution in [2.24, 2.45) is 0 Å². The van der Waals surface area contributed by atoms with E-state index in [4.69, 9.17) is 11.6 Å². The lowest BCUT2D eigenvalue weighted by Gasteiger charge is -2.35. The zero-order chi connectivity index (χ0) is 18.9. The second-order valence-electron chi connectivity index (χ2n) is 6.10. The van der Waals surface area contributed by atoms with Gasteiger partial charge in [0.15, 0.2) is 0 Å². The van der Waals surface area contributed by atoms with E-state index in [0.29, 0.717) is 31.9 Å². The summed E-state index contributed by atoms with van der Waals surface area (Å²) in [6.45, 7) is 3.47. The summed E-state index contributed by atoms with van der Waals surface area (Å²) in [5.74, 6) is 0. The lowest BCUT2D eigenvalue weighted by atomic mass is 10.2. The fraction of sp³-hybridized carbons (Fsp3) is 0.294. The fourth-order valence-electron chi connectivity index (χ4n) is 2.89. The van der Waals surface area contributed by atoms with E-state index in [9.17, 15) is 18.5 Å². The first-order chi connectivity index (χ1) is 12.3. The monoisotopic (exact) mass is 395 g/mol. The Balaban J connectivity index is 1.73. The van der Waals surface area contributed by atoms with Crippen LogP contribution in [0.1, 0.15) is 5.56 Å². The van der Waals surface area contributed by atoms with Gasteiger partial charge in [-0.1, -0.05) is 29.3 Å². The Morgan fingerprint density at radius 3 is 2.19 bits per heavy atom.